The molecule has 26 heavy (non-hydrogen) atoms. The third kappa shape index (κ3) is 3.72. The van der Waals surface area contributed by atoms with Crippen LogP contribution in [0.15, 0.2) is 54.1 Å². The van der Waals surface area contributed by atoms with E-state index in [1.54, 1.807) is 18.6 Å². The molecule has 0 aromatic carbocycles. The highest BCUT2D eigenvalue weighted by molar-refractivity contribution is 6.39. The van der Waals surface area contributed by atoms with Gasteiger partial charge in [0.2, 0.25) is 0 Å². The lowest BCUT2D eigenvalue weighted by Crippen LogP contribution is -2.36. The van der Waals surface area contributed by atoms with Gasteiger partial charge in [0.25, 0.3) is 5.91 Å². The Labute approximate surface area is 152 Å². The lowest BCUT2D eigenvalue weighted by atomic mass is 9.96. The summed E-state index contributed by atoms with van der Waals surface area (Å²) >= 11 is 0. The molecule has 2 aromatic rings. The van der Waals surface area contributed by atoms with Crippen LogP contribution in [0.1, 0.15) is 24.1 Å². The smallest absolute Gasteiger partial charge is 0.269 e. The molecule has 2 aliphatic heterocycles. The van der Waals surface area contributed by atoms with Crippen LogP contribution in [0.3, 0.4) is 0 Å². The topological polar surface area (TPSA) is 79.7 Å². The molecular weight excluding hydrogens is 330 g/mol. The van der Waals surface area contributed by atoms with E-state index in [4.69, 9.17) is 4.84 Å². The van der Waals surface area contributed by atoms with Crippen LogP contribution in [0.4, 0.5) is 0 Å². The van der Waals surface area contributed by atoms with Gasteiger partial charge in [-0.1, -0.05) is 17.3 Å². The molecule has 0 saturated carbocycles. The van der Waals surface area contributed by atoms with Crippen LogP contribution in [-0.4, -0.2) is 45.2 Å². The zero-order chi connectivity index (χ0) is 17.8. The third-order valence-corrected chi connectivity index (χ3v) is 4.78. The number of oxime groups is 1. The van der Waals surface area contributed by atoms with E-state index in [1.807, 2.05) is 30.3 Å². The average molecular weight is 351 g/mol. The van der Waals surface area contributed by atoms with Crippen molar-refractivity contribution in [2.75, 3.05) is 13.1 Å². The molecule has 134 valence electrons. The van der Waals surface area contributed by atoms with Crippen molar-refractivity contribution in [2.45, 2.75) is 31.5 Å². The summed E-state index contributed by atoms with van der Waals surface area (Å²) in [6.07, 6.45) is 6.66. The fourth-order valence-electron chi connectivity index (χ4n) is 3.43. The third-order valence-electron chi connectivity index (χ3n) is 4.78. The van der Waals surface area contributed by atoms with Gasteiger partial charge in [-0.25, -0.2) is 0 Å². The Morgan fingerprint density at radius 3 is 3.04 bits per heavy atom. The summed E-state index contributed by atoms with van der Waals surface area (Å²) in [5.74, 6) is -0.172. The molecule has 1 amide bonds. The van der Waals surface area contributed by atoms with Crippen LogP contribution in [0.5, 0.6) is 0 Å². The van der Waals surface area contributed by atoms with Crippen LogP contribution < -0.4 is 5.32 Å². The standard InChI is InChI=1S/C19H21N5O2/c25-18(22-12-15-4-3-7-20-11-15)17-10-19(26-23-17)6-9-24(14-19)13-16-5-1-2-8-21-16/h1-5,7-8,11H,6,9-10,12-14H2,(H,22,25)/t19-/m0/s1. The lowest BCUT2D eigenvalue weighted by Gasteiger charge is -2.21. The molecule has 1 fully saturated rings. The number of amides is 1. The summed E-state index contributed by atoms with van der Waals surface area (Å²) in [4.78, 5) is 28.8. The Kier molecular flexibility index (Phi) is 4.62. The van der Waals surface area contributed by atoms with E-state index in [-0.39, 0.29) is 11.5 Å². The van der Waals surface area contributed by atoms with E-state index in [0.717, 1.165) is 37.3 Å². The summed E-state index contributed by atoms with van der Waals surface area (Å²) in [7, 11) is 0. The molecule has 7 nitrogen and oxygen atoms in total. The second-order valence-corrected chi connectivity index (χ2v) is 6.81. The first-order chi connectivity index (χ1) is 12.7. The van der Waals surface area contributed by atoms with Crippen molar-refractivity contribution < 1.29 is 9.63 Å². The maximum atomic E-state index is 12.4. The predicted octanol–water partition coefficient (Wildman–Crippen LogP) is 1.51. The van der Waals surface area contributed by atoms with Gasteiger partial charge >= 0.3 is 0 Å². The Morgan fingerprint density at radius 1 is 1.27 bits per heavy atom. The molecule has 2 aromatic heterocycles. The number of nitrogens with one attached hydrogen (secondary N) is 1. The number of nitrogens with zero attached hydrogens (tertiary/aromatic N) is 4. The highest BCUT2D eigenvalue weighted by Gasteiger charge is 2.46. The minimum absolute atomic E-state index is 0.172. The molecule has 1 saturated heterocycles. The van der Waals surface area contributed by atoms with Crippen molar-refractivity contribution in [3.63, 3.8) is 0 Å². The number of carbonyl (C=O) groups is 1. The Morgan fingerprint density at radius 2 is 2.23 bits per heavy atom. The zero-order valence-electron chi connectivity index (χ0n) is 14.5. The van der Waals surface area contributed by atoms with Gasteiger partial charge in [-0.15, -0.1) is 0 Å². The summed E-state index contributed by atoms with van der Waals surface area (Å²) < 4.78 is 0. The van der Waals surface area contributed by atoms with Gasteiger partial charge in [0.1, 0.15) is 5.71 Å². The minimum Gasteiger partial charge on any atom is -0.387 e. The quantitative estimate of drug-likeness (QED) is 0.883. The first-order valence-electron chi connectivity index (χ1n) is 8.77. The number of pyridine rings is 2. The van der Waals surface area contributed by atoms with Crippen molar-refractivity contribution in [2.24, 2.45) is 5.16 Å². The Hall–Kier alpha value is -2.80. The van der Waals surface area contributed by atoms with Gasteiger partial charge in [-0.3, -0.25) is 19.7 Å². The van der Waals surface area contributed by atoms with Gasteiger partial charge in [0.15, 0.2) is 5.60 Å². The molecule has 1 N–H and O–H groups in total. The highest BCUT2D eigenvalue weighted by atomic mass is 16.7. The predicted molar refractivity (Wildman–Crippen MR) is 96.1 cm³/mol. The van der Waals surface area contributed by atoms with E-state index < -0.39 is 0 Å². The van der Waals surface area contributed by atoms with Crippen molar-refractivity contribution in [3.05, 3.63) is 60.2 Å². The molecule has 4 heterocycles. The molecule has 4 rings (SSSR count). The van der Waals surface area contributed by atoms with E-state index in [9.17, 15) is 4.79 Å². The summed E-state index contributed by atoms with van der Waals surface area (Å²) in [6, 6.07) is 9.71. The molecule has 0 aliphatic carbocycles. The highest BCUT2D eigenvalue weighted by Crippen LogP contribution is 2.34. The maximum absolute atomic E-state index is 12.4. The van der Waals surface area contributed by atoms with Gasteiger partial charge in [0, 0.05) is 57.6 Å². The normalized spacial score (nSPS) is 22.2. The number of likely N-dealkylation sites (tertiary alicyclic amines) is 1. The fraction of sp³-hybridized carbons (Fsp3) is 0.368. The van der Waals surface area contributed by atoms with Gasteiger partial charge in [0.05, 0.1) is 5.69 Å². The van der Waals surface area contributed by atoms with Gasteiger partial charge in [-0.05, 0) is 23.8 Å². The van der Waals surface area contributed by atoms with Crippen molar-refractivity contribution >= 4 is 11.6 Å². The second kappa shape index (κ2) is 7.21. The summed E-state index contributed by atoms with van der Waals surface area (Å²) in [6.45, 7) is 2.89. The van der Waals surface area contributed by atoms with Crippen LogP contribution in [0.25, 0.3) is 0 Å². The Bertz CT molecular complexity index is 796. The van der Waals surface area contributed by atoms with E-state index in [1.165, 1.54) is 0 Å². The SMILES string of the molecule is O=C(NCc1cccnc1)C1=NO[C@@]2(CCN(Cc3ccccn3)C2)C1. The molecule has 0 unspecified atom stereocenters. The molecule has 1 atom stereocenters. The number of rotatable bonds is 5. The molecular formula is C19H21N5O2. The molecule has 0 radical (unpaired) electrons. The van der Waals surface area contributed by atoms with E-state index >= 15 is 0 Å². The second-order valence-electron chi connectivity index (χ2n) is 6.81. The van der Waals surface area contributed by atoms with Crippen LogP contribution in [-0.2, 0) is 22.7 Å². The summed E-state index contributed by atoms with van der Waals surface area (Å²) in [5, 5.41) is 6.96. The largest absolute Gasteiger partial charge is 0.387 e. The monoisotopic (exact) mass is 351 g/mol. The van der Waals surface area contributed by atoms with Crippen LogP contribution in [0.2, 0.25) is 0 Å². The van der Waals surface area contributed by atoms with E-state index in [0.29, 0.717) is 18.7 Å². The molecule has 7 heteroatoms. The van der Waals surface area contributed by atoms with Gasteiger partial charge < -0.3 is 10.2 Å². The number of carbonyl (C=O) groups excluding carboxylic acids is 1. The van der Waals surface area contributed by atoms with Crippen molar-refractivity contribution in [3.8, 4) is 0 Å². The molecule has 2 aliphatic rings. The summed E-state index contributed by atoms with van der Waals surface area (Å²) in [5.41, 5.74) is 2.08. The average Bonchev–Trinajstić information content (AvgIpc) is 3.28. The van der Waals surface area contributed by atoms with Crippen molar-refractivity contribution in [1.29, 1.82) is 0 Å². The number of hydrogen-bond donors (Lipinski definition) is 1. The first-order valence-corrected chi connectivity index (χ1v) is 8.77. The maximum Gasteiger partial charge on any atom is 0.269 e. The minimum atomic E-state index is -0.379. The van der Waals surface area contributed by atoms with Crippen molar-refractivity contribution in [1.82, 2.24) is 20.2 Å². The Balaban J connectivity index is 1.29. The zero-order valence-corrected chi connectivity index (χ0v) is 14.5. The van der Waals surface area contributed by atoms with Crippen LogP contribution >= 0.6 is 0 Å². The molecule has 1 spiro atoms. The lowest BCUT2D eigenvalue weighted by molar-refractivity contribution is -0.115. The number of hydrogen-bond acceptors (Lipinski definition) is 6. The van der Waals surface area contributed by atoms with Gasteiger partial charge in [-0.2, -0.15) is 0 Å². The number of aromatic nitrogens is 2. The van der Waals surface area contributed by atoms with Crippen LogP contribution in [0, 0.1) is 0 Å². The molecule has 0 bridgehead atoms. The first kappa shape index (κ1) is 16.7. The van der Waals surface area contributed by atoms with E-state index in [2.05, 4.69) is 25.3 Å². The fourth-order valence-corrected chi connectivity index (χ4v) is 3.43.